The molecule has 1 atom stereocenters. The van der Waals surface area contributed by atoms with E-state index in [0.29, 0.717) is 19.6 Å². The van der Waals surface area contributed by atoms with Gasteiger partial charge in [0.1, 0.15) is 0 Å². The molecule has 138 valence electrons. The molecule has 1 aliphatic rings. The largest absolute Gasteiger partial charge is 0.493 e. The van der Waals surface area contributed by atoms with E-state index in [1.165, 1.54) is 0 Å². The molecule has 0 unspecified atom stereocenters. The van der Waals surface area contributed by atoms with Crippen LogP contribution in [0.1, 0.15) is 31.7 Å². The van der Waals surface area contributed by atoms with E-state index in [1.54, 1.807) is 7.11 Å². The van der Waals surface area contributed by atoms with E-state index in [0.717, 1.165) is 35.0 Å². The van der Waals surface area contributed by atoms with Crippen LogP contribution < -0.4 is 19.7 Å². The van der Waals surface area contributed by atoms with Crippen LogP contribution in [0.3, 0.4) is 0 Å². The van der Waals surface area contributed by atoms with Crippen LogP contribution in [0.2, 0.25) is 0 Å². The van der Waals surface area contributed by atoms with Gasteiger partial charge < -0.3 is 19.7 Å². The number of hydrogen-bond acceptors (Lipinski definition) is 4. The summed E-state index contributed by atoms with van der Waals surface area (Å²) >= 11 is 0. The highest BCUT2D eigenvalue weighted by molar-refractivity contribution is 5.97. The zero-order chi connectivity index (χ0) is 18.5. The molecule has 0 aromatic heterocycles. The Bertz CT molecular complexity index is 776. The second-order valence-electron chi connectivity index (χ2n) is 6.33. The summed E-state index contributed by atoms with van der Waals surface area (Å²) in [5.74, 6) is 1.75. The van der Waals surface area contributed by atoms with Gasteiger partial charge in [0, 0.05) is 36.8 Å². The molecule has 2 aromatic carbocycles. The van der Waals surface area contributed by atoms with E-state index in [2.05, 4.69) is 12.2 Å². The first-order valence-corrected chi connectivity index (χ1v) is 9.11. The predicted octanol–water partition coefficient (Wildman–Crippen LogP) is 4.05. The molecule has 26 heavy (non-hydrogen) atoms. The fourth-order valence-electron chi connectivity index (χ4n) is 3.38. The fraction of sp³-hybridized carbons (Fsp3) is 0.381. The van der Waals surface area contributed by atoms with Crippen LogP contribution in [0.25, 0.3) is 0 Å². The normalized spacial score (nSPS) is 16.7. The highest BCUT2D eigenvalue weighted by atomic mass is 16.5. The molecule has 1 saturated heterocycles. The highest BCUT2D eigenvalue weighted by Crippen LogP contribution is 2.36. The highest BCUT2D eigenvalue weighted by Gasteiger charge is 2.32. The average molecular weight is 354 g/mol. The average Bonchev–Trinajstić information content (AvgIpc) is 3.04. The fourth-order valence-corrected chi connectivity index (χ4v) is 3.38. The minimum atomic E-state index is 0.149. The van der Waals surface area contributed by atoms with Gasteiger partial charge >= 0.3 is 0 Å². The van der Waals surface area contributed by atoms with Crippen LogP contribution in [-0.2, 0) is 4.79 Å². The van der Waals surface area contributed by atoms with Gasteiger partial charge in [0.15, 0.2) is 11.5 Å². The Morgan fingerprint density at radius 3 is 2.73 bits per heavy atom. The standard InChI is InChI=1S/C21H26N2O3/c1-4-22-17-7-6-8-18(13-17)23-14-16(12-21(23)24)15-9-10-19(25-3)20(11-15)26-5-2/h6-11,13,16,22H,4-5,12,14H2,1-3H3/t16-/m0/s1. The number of benzene rings is 2. The van der Waals surface area contributed by atoms with Gasteiger partial charge in [-0.25, -0.2) is 0 Å². The molecule has 0 spiro atoms. The molecule has 1 fully saturated rings. The zero-order valence-electron chi connectivity index (χ0n) is 15.6. The van der Waals surface area contributed by atoms with E-state index in [9.17, 15) is 4.79 Å². The maximum Gasteiger partial charge on any atom is 0.227 e. The van der Waals surface area contributed by atoms with Crippen LogP contribution in [0, 0.1) is 0 Å². The van der Waals surface area contributed by atoms with Crippen molar-refractivity contribution in [2.45, 2.75) is 26.2 Å². The summed E-state index contributed by atoms with van der Waals surface area (Å²) in [7, 11) is 1.63. The van der Waals surface area contributed by atoms with E-state index in [1.807, 2.05) is 54.3 Å². The van der Waals surface area contributed by atoms with Crippen LogP contribution >= 0.6 is 0 Å². The van der Waals surface area contributed by atoms with Crippen LogP contribution in [0.15, 0.2) is 42.5 Å². The molecular weight excluding hydrogens is 328 g/mol. The molecule has 5 heteroatoms. The number of methoxy groups -OCH3 is 1. The number of carbonyl (C=O) groups is 1. The first-order valence-electron chi connectivity index (χ1n) is 9.11. The lowest BCUT2D eigenvalue weighted by atomic mass is 9.98. The topological polar surface area (TPSA) is 50.8 Å². The number of anilines is 2. The van der Waals surface area contributed by atoms with Crippen molar-refractivity contribution in [2.75, 3.05) is 37.0 Å². The van der Waals surface area contributed by atoms with Crippen molar-refractivity contribution in [1.29, 1.82) is 0 Å². The smallest absolute Gasteiger partial charge is 0.227 e. The first-order chi connectivity index (χ1) is 12.7. The Balaban J connectivity index is 1.81. The van der Waals surface area contributed by atoms with Gasteiger partial charge in [-0.15, -0.1) is 0 Å². The molecule has 1 aliphatic heterocycles. The van der Waals surface area contributed by atoms with Crippen molar-refractivity contribution in [1.82, 2.24) is 0 Å². The molecule has 0 aliphatic carbocycles. The maximum atomic E-state index is 12.6. The van der Waals surface area contributed by atoms with E-state index >= 15 is 0 Å². The summed E-state index contributed by atoms with van der Waals surface area (Å²) in [6.07, 6.45) is 0.503. The van der Waals surface area contributed by atoms with Gasteiger partial charge in [-0.05, 0) is 49.7 Å². The Labute approximate surface area is 154 Å². The van der Waals surface area contributed by atoms with E-state index in [-0.39, 0.29) is 11.8 Å². The second kappa shape index (κ2) is 8.13. The van der Waals surface area contributed by atoms with Gasteiger partial charge in [-0.3, -0.25) is 4.79 Å². The molecule has 0 bridgehead atoms. The summed E-state index contributed by atoms with van der Waals surface area (Å²) in [4.78, 5) is 14.5. The molecule has 2 aromatic rings. The minimum Gasteiger partial charge on any atom is -0.493 e. The molecule has 0 radical (unpaired) electrons. The number of carbonyl (C=O) groups excluding carboxylic acids is 1. The SMILES string of the molecule is CCNc1cccc(N2C[C@@H](c3ccc(OC)c(OCC)c3)CC2=O)c1. The number of nitrogens with zero attached hydrogens (tertiary/aromatic N) is 1. The Hall–Kier alpha value is -2.69. The predicted molar refractivity (Wildman–Crippen MR) is 104 cm³/mol. The summed E-state index contributed by atoms with van der Waals surface area (Å²) in [6.45, 7) is 6.11. The van der Waals surface area contributed by atoms with Gasteiger partial charge in [-0.1, -0.05) is 12.1 Å². The van der Waals surface area contributed by atoms with Crippen molar-refractivity contribution in [2.24, 2.45) is 0 Å². The van der Waals surface area contributed by atoms with Crippen molar-refractivity contribution in [3.8, 4) is 11.5 Å². The van der Waals surface area contributed by atoms with Crippen LogP contribution in [0.5, 0.6) is 11.5 Å². The number of amides is 1. The zero-order valence-corrected chi connectivity index (χ0v) is 15.6. The molecule has 0 saturated carbocycles. The molecule has 1 N–H and O–H groups in total. The lowest BCUT2D eigenvalue weighted by Crippen LogP contribution is -2.24. The third-order valence-corrected chi connectivity index (χ3v) is 4.62. The minimum absolute atomic E-state index is 0.149. The first kappa shape index (κ1) is 18.1. The number of ether oxygens (including phenoxy) is 2. The maximum absolute atomic E-state index is 12.6. The summed E-state index contributed by atoms with van der Waals surface area (Å²) < 4.78 is 11.0. The third-order valence-electron chi connectivity index (χ3n) is 4.62. The van der Waals surface area contributed by atoms with E-state index in [4.69, 9.17) is 9.47 Å². The molecule has 3 rings (SSSR count). The Morgan fingerprint density at radius 2 is 2.00 bits per heavy atom. The Kier molecular flexibility index (Phi) is 5.66. The lowest BCUT2D eigenvalue weighted by molar-refractivity contribution is -0.117. The quantitative estimate of drug-likeness (QED) is 0.815. The van der Waals surface area contributed by atoms with Gasteiger partial charge in [0.05, 0.1) is 13.7 Å². The monoisotopic (exact) mass is 354 g/mol. The summed E-state index contributed by atoms with van der Waals surface area (Å²) in [6, 6.07) is 14.0. The molecule has 5 nitrogen and oxygen atoms in total. The van der Waals surface area contributed by atoms with Crippen molar-refractivity contribution in [3.05, 3.63) is 48.0 Å². The van der Waals surface area contributed by atoms with Crippen LogP contribution in [0.4, 0.5) is 11.4 Å². The van der Waals surface area contributed by atoms with Crippen molar-refractivity contribution < 1.29 is 14.3 Å². The van der Waals surface area contributed by atoms with Crippen molar-refractivity contribution in [3.63, 3.8) is 0 Å². The summed E-state index contributed by atoms with van der Waals surface area (Å²) in [5.41, 5.74) is 3.08. The molecule has 1 heterocycles. The second-order valence-corrected chi connectivity index (χ2v) is 6.33. The van der Waals surface area contributed by atoms with Crippen LogP contribution in [-0.4, -0.2) is 32.7 Å². The van der Waals surface area contributed by atoms with Gasteiger partial charge in [-0.2, -0.15) is 0 Å². The third kappa shape index (κ3) is 3.77. The van der Waals surface area contributed by atoms with Crippen molar-refractivity contribution >= 4 is 17.3 Å². The lowest BCUT2D eigenvalue weighted by Gasteiger charge is -2.19. The van der Waals surface area contributed by atoms with E-state index < -0.39 is 0 Å². The van der Waals surface area contributed by atoms with Gasteiger partial charge in [0.2, 0.25) is 5.91 Å². The summed E-state index contributed by atoms with van der Waals surface area (Å²) in [5, 5.41) is 3.29. The number of rotatable bonds is 7. The number of hydrogen-bond donors (Lipinski definition) is 1. The molecular formula is C21H26N2O3. The molecule has 1 amide bonds. The Morgan fingerprint density at radius 1 is 1.15 bits per heavy atom. The number of nitrogens with one attached hydrogen (secondary N) is 1. The van der Waals surface area contributed by atoms with Gasteiger partial charge in [0.25, 0.3) is 0 Å².